The number of amides is 1. The van der Waals surface area contributed by atoms with Gasteiger partial charge in [-0.3, -0.25) is 9.59 Å². The van der Waals surface area contributed by atoms with Crippen LogP contribution in [0.4, 0.5) is 0 Å². The molecule has 5 nitrogen and oxygen atoms in total. The average Bonchev–Trinajstić information content (AvgIpc) is 2.78. The van der Waals surface area contributed by atoms with Gasteiger partial charge in [0.15, 0.2) is 0 Å². The Morgan fingerprint density at radius 3 is 2.55 bits per heavy atom. The molecule has 1 saturated carbocycles. The second kappa shape index (κ2) is 8.52. The highest BCUT2D eigenvalue weighted by molar-refractivity contribution is 5.94. The molecule has 1 aliphatic carbocycles. The fraction of sp³-hybridized carbons (Fsp3) is 0.333. The Kier molecular flexibility index (Phi) is 5.65. The van der Waals surface area contributed by atoms with E-state index in [-0.39, 0.29) is 17.5 Å². The van der Waals surface area contributed by atoms with Crippen LogP contribution in [0.3, 0.4) is 0 Å². The van der Waals surface area contributed by atoms with Gasteiger partial charge in [-0.2, -0.15) is 0 Å². The van der Waals surface area contributed by atoms with Crippen LogP contribution in [0.2, 0.25) is 0 Å². The maximum absolute atomic E-state index is 13.3. The van der Waals surface area contributed by atoms with Gasteiger partial charge in [0.2, 0.25) is 0 Å². The number of ether oxygens (including phenoxy) is 1. The van der Waals surface area contributed by atoms with E-state index in [1.54, 1.807) is 7.11 Å². The monoisotopic (exact) mass is 390 g/mol. The summed E-state index contributed by atoms with van der Waals surface area (Å²) >= 11 is 0. The van der Waals surface area contributed by atoms with Crippen molar-refractivity contribution in [1.29, 1.82) is 0 Å². The van der Waals surface area contributed by atoms with Crippen LogP contribution in [-0.4, -0.2) is 28.9 Å². The molecule has 1 aliphatic rings. The third-order valence-electron chi connectivity index (χ3n) is 5.77. The molecule has 5 heteroatoms. The minimum atomic E-state index is -0.149. The van der Waals surface area contributed by atoms with Crippen LogP contribution in [0.1, 0.15) is 48.0 Å². The molecule has 1 heterocycles. The molecule has 0 spiro atoms. The van der Waals surface area contributed by atoms with Crippen LogP contribution >= 0.6 is 0 Å². The van der Waals surface area contributed by atoms with E-state index < -0.39 is 0 Å². The minimum Gasteiger partial charge on any atom is -0.497 e. The Morgan fingerprint density at radius 1 is 1.07 bits per heavy atom. The number of rotatable bonds is 5. The number of fused-ring (bicyclic) bond motifs is 1. The lowest BCUT2D eigenvalue weighted by Crippen LogP contribution is -2.42. The number of H-pyrrole nitrogens is 1. The fourth-order valence-corrected chi connectivity index (χ4v) is 4.16. The van der Waals surface area contributed by atoms with Gasteiger partial charge in [-0.1, -0.05) is 37.5 Å². The van der Waals surface area contributed by atoms with E-state index in [0.717, 1.165) is 42.3 Å². The summed E-state index contributed by atoms with van der Waals surface area (Å²) in [5, 5.41) is 0.898. The Bertz CT molecular complexity index is 1050. The third-order valence-corrected chi connectivity index (χ3v) is 5.77. The van der Waals surface area contributed by atoms with Gasteiger partial charge in [-0.25, -0.2) is 0 Å². The number of benzene rings is 2. The largest absolute Gasteiger partial charge is 0.497 e. The minimum absolute atomic E-state index is 0.0114. The molecule has 1 aromatic heterocycles. The van der Waals surface area contributed by atoms with E-state index in [4.69, 9.17) is 4.74 Å². The van der Waals surface area contributed by atoms with Gasteiger partial charge in [0, 0.05) is 28.1 Å². The number of nitrogens with zero attached hydrogens (tertiary/aromatic N) is 1. The first kappa shape index (κ1) is 19.2. The van der Waals surface area contributed by atoms with E-state index in [1.165, 1.54) is 6.42 Å². The zero-order valence-corrected chi connectivity index (χ0v) is 16.7. The Morgan fingerprint density at radius 2 is 1.83 bits per heavy atom. The zero-order valence-electron chi connectivity index (χ0n) is 16.7. The SMILES string of the molecule is COc1ccc2[nH]c(=O)c(CN(C(=O)c3ccccc3)C3CCCCC3)cc2c1. The molecule has 150 valence electrons. The molecule has 2 aromatic carbocycles. The van der Waals surface area contributed by atoms with Crippen LogP contribution < -0.4 is 10.3 Å². The molecule has 0 saturated heterocycles. The molecule has 0 radical (unpaired) electrons. The molecule has 0 aliphatic heterocycles. The van der Waals surface area contributed by atoms with Crippen LogP contribution in [0.5, 0.6) is 5.75 Å². The molecule has 1 amide bonds. The van der Waals surface area contributed by atoms with E-state index in [9.17, 15) is 9.59 Å². The molecular formula is C24H26N2O3. The molecule has 1 N–H and O–H groups in total. The van der Waals surface area contributed by atoms with Gasteiger partial charge < -0.3 is 14.6 Å². The summed E-state index contributed by atoms with van der Waals surface area (Å²) in [5.41, 5.74) is 1.88. The quantitative estimate of drug-likeness (QED) is 0.697. The summed E-state index contributed by atoms with van der Waals surface area (Å²) in [4.78, 5) is 30.9. The smallest absolute Gasteiger partial charge is 0.254 e. The maximum atomic E-state index is 13.3. The van der Waals surface area contributed by atoms with E-state index in [2.05, 4.69) is 4.98 Å². The van der Waals surface area contributed by atoms with Crippen molar-refractivity contribution < 1.29 is 9.53 Å². The molecular weight excluding hydrogens is 364 g/mol. The zero-order chi connectivity index (χ0) is 20.2. The fourth-order valence-electron chi connectivity index (χ4n) is 4.16. The summed E-state index contributed by atoms with van der Waals surface area (Å²) in [5.74, 6) is 0.725. The number of hydrogen-bond donors (Lipinski definition) is 1. The van der Waals surface area contributed by atoms with Crippen LogP contribution in [0, 0.1) is 0 Å². The number of hydrogen-bond acceptors (Lipinski definition) is 3. The molecule has 4 rings (SSSR count). The van der Waals surface area contributed by atoms with Crippen molar-refractivity contribution in [2.45, 2.75) is 44.7 Å². The van der Waals surface area contributed by atoms with Crippen molar-refractivity contribution in [2.24, 2.45) is 0 Å². The topological polar surface area (TPSA) is 62.4 Å². The normalized spacial score (nSPS) is 14.7. The molecule has 0 atom stereocenters. The summed E-state index contributed by atoms with van der Waals surface area (Å²) in [6.07, 6.45) is 5.42. The summed E-state index contributed by atoms with van der Waals surface area (Å²) in [6, 6.07) is 17.0. The number of pyridine rings is 1. The first-order valence-corrected chi connectivity index (χ1v) is 10.2. The predicted molar refractivity (Wildman–Crippen MR) is 114 cm³/mol. The van der Waals surface area contributed by atoms with E-state index in [1.807, 2.05) is 59.5 Å². The summed E-state index contributed by atoms with van der Waals surface area (Å²) in [7, 11) is 1.62. The van der Waals surface area contributed by atoms with Gasteiger partial charge in [0.05, 0.1) is 13.7 Å². The lowest BCUT2D eigenvalue weighted by Gasteiger charge is -2.34. The number of carbonyl (C=O) groups excluding carboxylic acids is 1. The number of aromatic amines is 1. The Labute approximate surface area is 170 Å². The second-order valence-electron chi connectivity index (χ2n) is 7.67. The number of carbonyl (C=O) groups is 1. The maximum Gasteiger partial charge on any atom is 0.254 e. The van der Waals surface area contributed by atoms with Crippen molar-refractivity contribution in [3.8, 4) is 5.75 Å². The first-order valence-electron chi connectivity index (χ1n) is 10.2. The van der Waals surface area contributed by atoms with Gasteiger partial charge in [0.1, 0.15) is 5.75 Å². The van der Waals surface area contributed by atoms with Crippen LogP contribution in [-0.2, 0) is 6.54 Å². The summed E-state index contributed by atoms with van der Waals surface area (Å²) < 4.78 is 5.31. The third kappa shape index (κ3) is 4.19. The highest BCUT2D eigenvalue weighted by Gasteiger charge is 2.27. The van der Waals surface area contributed by atoms with Crippen molar-refractivity contribution in [3.63, 3.8) is 0 Å². The standard InChI is InChI=1S/C24H26N2O3/c1-29-21-12-13-22-18(15-21)14-19(23(27)25-22)16-26(20-10-6-3-7-11-20)24(28)17-8-4-2-5-9-17/h2,4-5,8-9,12-15,20H,3,6-7,10-11,16H2,1H3,(H,25,27). The first-order chi connectivity index (χ1) is 14.2. The van der Waals surface area contributed by atoms with Crippen molar-refractivity contribution in [2.75, 3.05) is 7.11 Å². The van der Waals surface area contributed by atoms with E-state index in [0.29, 0.717) is 17.7 Å². The number of methoxy groups -OCH3 is 1. The lowest BCUT2D eigenvalue weighted by atomic mass is 9.93. The van der Waals surface area contributed by atoms with Crippen molar-refractivity contribution >= 4 is 16.8 Å². The number of nitrogens with one attached hydrogen (secondary N) is 1. The molecule has 0 unspecified atom stereocenters. The lowest BCUT2D eigenvalue weighted by molar-refractivity contribution is 0.0613. The average molecular weight is 390 g/mol. The highest BCUT2D eigenvalue weighted by Crippen LogP contribution is 2.26. The van der Waals surface area contributed by atoms with E-state index >= 15 is 0 Å². The molecule has 3 aromatic rings. The van der Waals surface area contributed by atoms with Gasteiger partial charge in [0.25, 0.3) is 11.5 Å². The number of aromatic nitrogens is 1. The molecule has 0 bridgehead atoms. The van der Waals surface area contributed by atoms with Crippen molar-refractivity contribution in [1.82, 2.24) is 9.88 Å². The van der Waals surface area contributed by atoms with Crippen LogP contribution in [0.15, 0.2) is 59.4 Å². The predicted octanol–water partition coefficient (Wildman–Crippen LogP) is 4.51. The van der Waals surface area contributed by atoms with Crippen LogP contribution in [0.25, 0.3) is 10.9 Å². The Balaban J connectivity index is 1.70. The highest BCUT2D eigenvalue weighted by atomic mass is 16.5. The Hall–Kier alpha value is -3.08. The van der Waals surface area contributed by atoms with Gasteiger partial charge in [-0.05, 0) is 49.2 Å². The second-order valence-corrected chi connectivity index (χ2v) is 7.67. The van der Waals surface area contributed by atoms with Gasteiger partial charge >= 0.3 is 0 Å². The molecule has 1 fully saturated rings. The van der Waals surface area contributed by atoms with Crippen molar-refractivity contribution in [3.05, 3.63) is 76.1 Å². The summed E-state index contributed by atoms with van der Waals surface area (Å²) in [6.45, 7) is 0.306. The van der Waals surface area contributed by atoms with Gasteiger partial charge in [-0.15, -0.1) is 0 Å². The molecule has 29 heavy (non-hydrogen) atoms.